The van der Waals surface area contributed by atoms with Gasteiger partial charge in [-0.1, -0.05) is 0 Å². The van der Waals surface area contributed by atoms with Gasteiger partial charge in [0.1, 0.15) is 0 Å². The molecule has 0 rings (SSSR count). The van der Waals surface area contributed by atoms with Crippen LogP contribution in [0.2, 0.25) is 0 Å². The molecule has 0 aliphatic rings. The summed E-state index contributed by atoms with van der Waals surface area (Å²) < 4.78 is 17.0. The molecule has 0 amide bonds. The van der Waals surface area contributed by atoms with Crippen molar-refractivity contribution < 1.29 is 68.5 Å². The Hall–Kier alpha value is 1.93. The third-order valence-corrected chi connectivity index (χ3v) is 0. The van der Waals surface area contributed by atoms with E-state index in [0.717, 1.165) is 0 Å². The summed E-state index contributed by atoms with van der Waals surface area (Å²) >= 11 is -2.00. The summed E-state index contributed by atoms with van der Waals surface area (Å²) in [6, 6.07) is 0. The summed E-state index contributed by atoms with van der Waals surface area (Å²) in [5.41, 5.74) is 0. The van der Waals surface area contributed by atoms with Crippen LogP contribution in [-0.4, -0.2) is 11.0 Å². The summed E-state index contributed by atoms with van der Waals surface area (Å²) in [7, 11) is 0. The zero-order valence-corrected chi connectivity index (χ0v) is 8.28. The maximum absolute atomic E-state index is 8.50. The Labute approximate surface area is 78.6 Å². The van der Waals surface area contributed by atoms with Gasteiger partial charge >= 0.3 is 25.7 Å². The Morgan fingerprint density at radius 3 is 1.17 bits per heavy atom. The van der Waals surface area contributed by atoms with Gasteiger partial charge in [0.25, 0.3) is 0 Å². The zero-order valence-electron chi connectivity index (χ0n) is 2.22. The van der Waals surface area contributed by atoms with E-state index in [1.54, 1.807) is 0 Å². The number of hydrogen-bond acceptors (Lipinski definition) is 2. The molecule has 0 aromatic carbocycles. The summed E-state index contributed by atoms with van der Waals surface area (Å²) in [6.07, 6.45) is 0. The fourth-order valence-corrected chi connectivity index (χ4v) is 0. The number of rotatable bonds is 0. The quantitative estimate of drug-likeness (QED) is 0.492. The van der Waals surface area contributed by atoms with Crippen LogP contribution in [-0.2, 0) is 68.5 Å². The van der Waals surface area contributed by atoms with Crippen molar-refractivity contribution in [2.24, 2.45) is 0 Å². The maximum atomic E-state index is 8.50. The zero-order chi connectivity index (χ0) is 2.71. The van der Waals surface area contributed by atoms with E-state index in [1.807, 2.05) is 0 Å². The first-order valence-electron chi connectivity index (χ1n) is 0.408. The molecule has 0 fully saturated rings. The second kappa shape index (κ2) is 28.4. The molecule has 6 heavy (non-hydrogen) atoms. The Morgan fingerprint density at radius 2 is 1.17 bits per heavy atom. The molecule has 0 atom stereocenters. The largest absolute Gasteiger partial charge is 0.0149 e. The van der Waals surface area contributed by atoms with E-state index in [0.29, 0.717) is 0 Å². The normalized spacial score (nSPS) is 1.33. The fourth-order valence-electron chi connectivity index (χ4n) is 0. The van der Waals surface area contributed by atoms with E-state index in [4.69, 9.17) is 6.65 Å². The molecule has 6 heteroatoms. The first kappa shape index (κ1) is 24.6. The van der Waals surface area contributed by atoms with Crippen LogP contribution in [0.1, 0.15) is 0 Å². The van der Waals surface area contributed by atoms with Crippen molar-refractivity contribution in [3.05, 3.63) is 0 Å². The molecule has 34 valence electrons. The van der Waals surface area contributed by atoms with Crippen molar-refractivity contribution in [2.75, 3.05) is 0 Å². The van der Waals surface area contributed by atoms with Gasteiger partial charge in [0.15, 0.2) is 0 Å². The molecule has 2 nitrogen and oxygen atoms in total. The van der Waals surface area contributed by atoms with Gasteiger partial charge in [-0.05, 0) is 11.0 Å². The SMILES string of the molecule is [O]=[Ti]=[O].[SiH4].[Ti].[W]. The molecule has 0 spiro atoms. The molecular weight excluding hydrogens is 340 g/mol. The fraction of sp³-hybridized carbons (Fsp3) is 0. The van der Waals surface area contributed by atoms with Gasteiger partial charge in [0.2, 0.25) is 0 Å². The Morgan fingerprint density at radius 1 is 1.17 bits per heavy atom. The Bertz CT molecular complexity index is 32.5. The van der Waals surface area contributed by atoms with Crippen molar-refractivity contribution in [1.82, 2.24) is 0 Å². The number of hydrogen-bond donors (Lipinski definition) is 0. The first-order valence-corrected chi connectivity index (χ1v) is 1.68. The van der Waals surface area contributed by atoms with Crippen molar-refractivity contribution >= 4 is 11.0 Å². The van der Waals surface area contributed by atoms with Crippen LogP contribution < -0.4 is 0 Å². The van der Waals surface area contributed by atoms with Gasteiger partial charge < -0.3 is 0 Å². The molecule has 0 aliphatic carbocycles. The van der Waals surface area contributed by atoms with Crippen LogP contribution in [0.25, 0.3) is 0 Å². The van der Waals surface area contributed by atoms with Crippen LogP contribution in [0, 0.1) is 0 Å². The van der Waals surface area contributed by atoms with Crippen LogP contribution in [0.3, 0.4) is 0 Å². The second-order valence-corrected chi connectivity index (χ2v) is 0.344. The Kier molecular flexibility index (Phi) is 117. The van der Waals surface area contributed by atoms with Crippen LogP contribution >= 0.6 is 0 Å². The molecule has 0 radical (unpaired) electrons. The van der Waals surface area contributed by atoms with E-state index in [2.05, 4.69) is 0 Å². The topological polar surface area (TPSA) is 34.1 Å². The minimum atomic E-state index is -2.00. The smallest absolute Gasteiger partial charge is 0 e. The van der Waals surface area contributed by atoms with Crippen molar-refractivity contribution in [3.63, 3.8) is 0 Å². The van der Waals surface area contributed by atoms with E-state index in [1.165, 1.54) is 0 Å². The first-order chi connectivity index (χ1) is 1.41. The molecule has 0 aromatic rings. The van der Waals surface area contributed by atoms with Crippen molar-refractivity contribution in [2.45, 2.75) is 0 Å². The second-order valence-electron chi connectivity index (χ2n) is 0.0833. The van der Waals surface area contributed by atoms with Crippen LogP contribution in [0.5, 0.6) is 0 Å². The van der Waals surface area contributed by atoms with Gasteiger partial charge in [0.05, 0.1) is 0 Å². The third kappa shape index (κ3) is 38.6. The summed E-state index contributed by atoms with van der Waals surface area (Å²) in [5.74, 6) is 0. The van der Waals surface area contributed by atoms with Crippen LogP contribution in [0.15, 0.2) is 0 Å². The third-order valence-electron chi connectivity index (χ3n) is 0. The maximum Gasteiger partial charge on any atom is 0 e. The van der Waals surface area contributed by atoms with Crippen molar-refractivity contribution in [1.29, 1.82) is 0 Å². The summed E-state index contributed by atoms with van der Waals surface area (Å²) in [6.45, 7) is 0. The van der Waals surface area contributed by atoms with E-state index in [9.17, 15) is 0 Å². The minimum Gasteiger partial charge on any atom is -0.0149 e. The summed E-state index contributed by atoms with van der Waals surface area (Å²) in [5, 5.41) is 0. The molecule has 0 aromatic heterocycles. The molecule has 0 saturated carbocycles. The molecule has 0 aliphatic heterocycles. The average Bonchev–Trinajstić information content (AvgIpc) is 0.918. The van der Waals surface area contributed by atoms with Crippen molar-refractivity contribution in [3.8, 4) is 0 Å². The molecule has 0 unspecified atom stereocenters. The average molecular weight is 344 g/mol. The standard InChI is InChI=1S/2O.H4Si.2Ti.W/h;;1H4;;;. The predicted molar refractivity (Wildman–Crippen MR) is 12.7 cm³/mol. The van der Waals surface area contributed by atoms with Gasteiger partial charge in [-0.3, -0.25) is 0 Å². The van der Waals surface area contributed by atoms with E-state index < -0.39 is 19.1 Å². The minimum absolute atomic E-state index is 0. The van der Waals surface area contributed by atoms with Gasteiger partial charge in [-0.25, -0.2) is 0 Å². The Balaban J connectivity index is -0.00000000667. The summed E-state index contributed by atoms with van der Waals surface area (Å²) in [4.78, 5) is 0. The van der Waals surface area contributed by atoms with E-state index in [-0.39, 0.29) is 53.7 Å². The molecule has 0 N–H and O–H groups in total. The van der Waals surface area contributed by atoms with Gasteiger partial charge in [-0.15, -0.1) is 0 Å². The molecule has 0 saturated heterocycles. The predicted octanol–water partition coefficient (Wildman–Crippen LogP) is -1.70. The van der Waals surface area contributed by atoms with E-state index >= 15 is 0 Å². The van der Waals surface area contributed by atoms with Gasteiger partial charge in [0, 0.05) is 42.8 Å². The molecule has 0 heterocycles. The molecule has 0 bridgehead atoms. The van der Waals surface area contributed by atoms with Crippen LogP contribution in [0.4, 0.5) is 0 Å². The molecular formula is H4O2SiTi2W. The monoisotopic (exact) mass is 344 g/mol. The van der Waals surface area contributed by atoms with Gasteiger partial charge in [-0.2, -0.15) is 0 Å².